The zero-order valence-corrected chi connectivity index (χ0v) is 13.4. The highest BCUT2D eigenvalue weighted by atomic mass is 15.1. The highest BCUT2D eigenvalue weighted by Crippen LogP contribution is 2.35. The summed E-state index contributed by atoms with van der Waals surface area (Å²) in [5.41, 5.74) is 3.03. The van der Waals surface area contributed by atoms with E-state index >= 15 is 0 Å². The summed E-state index contributed by atoms with van der Waals surface area (Å²) in [6, 6.07) is 10.1. The molecule has 0 spiro atoms. The highest BCUT2D eigenvalue weighted by Gasteiger charge is 2.23. The van der Waals surface area contributed by atoms with Crippen molar-refractivity contribution in [2.75, 3.05) is 6.54 Å². The molecule has 1 aliphatic heterocycles. The van der Waals surface area contributed by atoms with Gasteiger partial charge in [-0.2, -0.15) is 0 Å². The first kappa shape index (κ1) is 14.8. The molecule has 0 radical (unpaired) electrons. The Morgan fingerprint density at radius 1 is 1.05 bits per heavy atom. The maximum absolute atomic E-state index is 3.38. The minimum absolute atomic E-state index is 0.640. The van der Waals surface area contributed by atoms with E-state index in [1.54, 1.807) is 5.56 Å². The molecular formula is C20H29N. The lowest BCUT2D eigenvalue weighted by Gasteiger charge is -2.15. The van der Waals surface area contributed by atoms with E-state index < -0.39 is 0 Å². The molecule has 3 unspecified atom stereocenters. The minimum atomic E-state index is 0.640. The Morgan fingerprint density at radius 3 is 2.52 bits per heavy atom. The van der Waals surface area contributed by atoms with Crippen LogP contribution < -0.4 is 5.32 Å². The number of benzene rings is 1. The van der Waals surface area contributed by atoms with E-state index in [-0.39, 0.29) is 0 Å². The number of hydrogen-bond acceptors (Lipinski definition) is 1. The fourth-order valence-corrected chi connectivity index (χ4v) is 3.61. The zero-order chi connectivity index (χ0) is 14.5. The third kappa shape index (κ3) is 4.20. The topological polar surface area (TPSA) is 21.9 Å². The van der Waals surface area contributed by atoms with E-state index in [1.807, 2.05) is 0 Å². The van der Waals surface area contributed by atoms with Gasteiger partial charge in [0, 0.05) is 12.6 Å². The van der Waals surface area contributed by atoms with Crippen molar-refractivity contribution >= 4 is 0 Å². The summed E-state index contributed by atoms with van der Waals surface area (Å²) >= 11 is 0. The van der Waals surface area contributed by atoms with Crippen LogP contribution in [0.25, 0.3) is 0 Å². The fourth-order valence-electron chi connectivity index (χ4n) is 3.61. The van der Waals surface area contributed by atoms with Crippen molar-refractivity contribution < 1.29 is 0 Å². The molecule has 1 N–H and O–H groups in total. The largest absolute Gasteiger partial charge is 0.307 e. The summed E-state index contributed by atoms with van der Waals surface area (Å²) in [5.74, 6) is 1.62. The predicted octanol–water partition coefficient (Wildman–Crippen LogP) is 5.35. The monoisotopic (exact) mass is 283 g/mol. The molecule has 114 valence electrons. The van der Waals surface area contributed by atoms with Crippen LogP contribution in [-0.2, 0) is 0 Å². The van der Waals surface area contributed by atoms with E-state index in [1.165, 1.54) is 50.5 Å². The normalized spacial score (nSPS) is 29.5. The highest BCUT2D eigenvalue weighted by molar-refractivity contribution is 5.30. The average molecular weight is 283 g/mol. The Balaban J connectivity index is 1.56. The predicted molar refractivity (Wildman–Crippen MR) is 90.5 cm³/mol. The van der Waals surface area contributed by atoms with Gasteiger partial charge in [-0.15, -0.1) is 0 Å². The van der Waals surface area contributed by atoms with Crippen molar-refractivity contribution in [1.29, 1.82) is 0 Å². The van der Waals surface area contributed by atoms with Gasteiger partial charge < -0.3 is 5.32 Å². The molecule has 1 heterocycles. The quantitative estimate of drug-likeness (QED) is 0.439. The van der Waals surface area contributed by atoms with Crippen LogP contribution in [0.3, 0.4) is 0 Å². The zero-order valence-electron chi connectivity index (χ0n) is 13.4. The third-order valence-corrected chi connectivity index (χ3v) is 5.10. The van der Waals surface area contributed by atoms with Gasteiger partial charge in [0.05, 0.1) is 0 Å². The van der Waals surface area contributed by atoms with Gasteiger partial charge in [-0.1, -0.05) is 56.2 Å². The van der Waals surface area contributed by atoms with Crippen molar-refractivity contribution in [2.24, 2.45) is 5.92 Å². The molecule has 3 atom stereocenters. The average Bonchev–Trinajstić information content (AvgIpc) is 3.35. The molecule has 0 amide bonds. The Kier molecular flexibility index (Phi) is 5.13. The first-order valence-corrected chi connectivity index (χ1v) is 8.86. The summed E-state index contributed by atoms with van der Waals surface area (Å²) < 4.78 is 0. The van der Waals surface area contributed by atoms with Gasteiger partial charge in [0.2, 0.25) is 0 Å². The molecule has 21 heavy (non-hydrogen) atoms. The van der Waals surface area contributed by atoms with Gasteiger partial charge in [0.15, 0.2) is 0 Å². The summed E-state index contributed by atoms with van der Waals surface area (Å²) in [5, 5.41) is 3.38. The smallest absolute Gasteiger partial charge is 0.0447 e. The number of nitrogens with one attached hydrogen (secondary N) is 1. The van der Waals surface area contributed by atoms with Crippen LogP contribution in [0.15, 0.2) is 36.4 Å². The van der Waals surface area contributed by atoms with Crippen LogP contribution in [-0.4, -0.2) is 6.54 Å². The minimum Gasteiger partial charge on any atom is -0.307 e. The van der Waals surface area contributed by atoms with Crippen LogP contribution >= 0.6 is 0 Å². The third-order valence-electron chi connectivity index (χ3n) is 5.10. The van der Waals surface area contributed by atoms with E-state index in [9.17, 15) is 0 Å². The standard InChI is InChI=1S/C20H29N/c1-2-3-4-6-16-7-5-8-17(10-9-16)18-11-13-19(14-12-18)20-15-21-20/h4,6,11-14,16-17,20-21H,2-3,5,7-10,15H2,1H3/b6-4+. The Hall–Kier alpha value is -1.08. The number of allylic oxidation sites excluding steroid dienone is 2. The molecular weight excluding hydrogens is 254 g/mol. The molecule has 1 heteroatoms. The van der Waals surface area contributed by atoms with Gasteiger partial charge >= 0.3 is 0 Å². The van der Waals surface area contributed by atoms with Gasteiger partial charge in [0.25, 0.3) is 0 Å². The van der Waals surface area contributed by atoms with E-state index in [2.05, 4.69) is 48.7 Å². The molecule has 1 aliphatic carbocycles. The molecule has 1 saturated carbocycles. The van der Waals surface area contributed by atoms with Crippen molar-refractivity contribution in [1.82, 2.24) is 5.32 Å². The Morgan fingerprint density at radius 2 is 1.81 bits per heavy atom. The van der Waals surface area contributed by atoms with Gasteiger partial charge in [-0.05, 0) is 55.1 Å². The SMILES string of the molecule is CCC/C=C/C1CCCC(c2ccc(C3CN3)cc2)CC1. The van der Waals surface area contributed by atoms with Crippen molar-refractivity contribution in [3.8, 4) is 0 Å². The molecule has 1 aromatic carbocycles. The Bertz CT molecular complexity index is 455. The van der Waals surface area contributed by atoms with Gasteiger partial charge in [-0.3, -0.25) is 0 Å². The second kappa shape index (κ2) is 7.26. The molecule has 1 nitrogen and oxygen atoms in total. The second-order valence-corrected chi connectivity index (χ2v) is 6.81. The first-order valence-electron chi connectivity index (χ1n) is 8.86. The van der Waals surface area contributed by atoms with Crippen LogP contribution in [0.1, 0.15) is 75.0 Å². The number of hydrogen-bond donors (Lipinski definition) is 1. The summed E-state index contributed by atoms with van der Waals surface area (Å²) in [6.45, 7) is 3.42. The molecule has 1 aromatic rings. The lowest BCUT2D eigenvalue weighted by atomic mass is 9.90. The van der Waals surface area contributed by atoms with Crippen LogP contribution in [0.5, 0.6) is 0 Å². The second-order valence-electron chi connectivity index (χ2n) is 6.81. The van der Waals surface area contributed by atoms with Crippen LogP contribution in [0.4, 0.5) is 0 Å². The van der Waals surface area contributed by atoms with Gasteiger partial charge in [-0.25, -0.2) is 0 Å². The maximum Gasteiger partial charge on any atom is 0.0447 e. The first-order chi connectivity index (χ1) is 10.4. The lowest BCUT2D eigenvalue weighted by molar-refractivity contribution is 0.547. The van der Waals surface area contributed by atoms with E-state index in [4.69, 9.17) is 0 Å². The Labute approximate surface area is 129 Å². The molecule has 0 aromatic heterocycles. The van der Waals surface area contributed by atoms with Crippen LogP contribution in [0, 0.1) is 5.92 Å². The molecule has 3 rings (SSSR count). The molecule has 0 bridgehead atoms. The van der Waals surface area contributed by atoms with E-state index in [0.29, 0.717) is 6.04 Å². The number of rotatable bonds is 5. The molecule has 2 fully saturated rings. The summed E-state index contributed by atoms with van der Waals surface area (Å²) in [4.78, 5) is 0. The molecule has 1 saturated heterocycles. The molecule has 2 aliphatic rings. The van der Waals surface area contributed by atoms with Crippen molar-refractivity contribution in [2.45, 2.75) is 63.8 Å². The lowest BCUT2D eigenvalue weighted by Crippen LogP contribution is -1.98. The number of unbranched alkanes of at least 4 members (excludes halogenated alkanes) is 1. The summed E-state index contributed by atoms with van der Waals surface area (Å²) in [6.07, 6.45) is 14.3. The van der Waals surface area contributed by atoms with Gasteiger partial charge in [0.1, 0.15) is 0 Å². The van der Waals surface area contributed by atoms with Crippen LogP contribution in [0.2, 0.25) is 0 Å². The van der Waals surface area contributed by atoms with Crippen molar-refractivity contribution in [3.05, 3.63) is 47.5 Å². The summed E-state index contributed by atoms with van der Waals surface area (Å²) in [7, 11) is 0. The fraction of sp³-hybridized carbons (Fsp3) is 0.600. The van der Waals surface area contributed by atoms with Crippen molar-refractivity contribution in [3.63, 3.8) is 0 Å². The van der Waals surface area contributed by atoms with E-state index in [0.717, 1.165) is 18.4 Å². The maximum atomic E-state index is 3.38.